The third-order valence-electron chi connectivity index (χ3n) is 3.34. The van der Waals surface area contributed by atoms with E-state index in [9.17, 15) is 9.59 Å². The molecule has 0 spiro atoms. The maximum absolute atomic E-state index is 12.7. The number of anilines is 1. The van der Waals surface area contributed by atoms with Crippen LogP contribution >= 0.6 is 11.3 Å². The fourth-order valence-corrected chi connectivity index (χ4v) is 3.17. The predicted octanol–water partition coefficient (Wildman–Crippen LogP) is 1.97. The van der Waals surface area contributed by atoms with E-state index in [-0.39, 0.29) is 5.56 Å². The largest absolute Gasteiger partial charge is 0.361 e. The van der Waals surface area contributed by atoms with E-state index in [1.54, 1.807) is 31.3 Å². The molecule has 1 aromatic carbocycles. The van der Waals surface area contributed by atoms with Crippen LogP contribution in [0.25, 0.3) is 16.0 Å². The molecule has 6 nitrogen and oxygen atoms in total. The molecule has 7 heteroatoms. The first-order chi connectivity index (χ1) is 10.6. The van der Waals surface area contributed by atoms with Crippen LogP contribution in [0.4, 0.5) is 5.13 Å². The molecule has 0 radical (unpaired) electrons. The molecule has 0 saturated carbocycles. The first kappa shape index (κ1) is 14.5. The topological polar surface area (TPSA) is 68.9 Å². The quantitative estimate of drug-likeness (QED) is 0.799. The molecule has 2 aromatic heterocycles. The van der Waals surface area contributed by atoms with Crippen molar-refractivity contribution in [3.63, 3.8) is 0 Å². The van der Waals surface area contributed by atoms with Crippen LogP contribution in [0.3, 0.4) is 0 Å². The van der Waals surface area contributed by atoms with Crippen LogP contribution in [-0.4, -0.2) is 20.7 Å². The first-order valence-electron chi connectivity index (χ1n) is 7.05. The van der Waals surface area contributed by atoms with Gasteiger partial charge >= 0.3 is 5.69 Å². The summed E-state index contributed by atoms with van der Waals surface area (Å²) in [5.74, 6) is 0. The van der Waals surface area contributed by atoms with Gasteiger partial charge in [0.25, 0.3) is 5.56 Å². The number of aromatic nitrogens is 3. The van der Waals surface area contributed by atoms with Crippen LogP contribution in [0.2, 0.25) is 0 Å². The minimum Gasteiger partial charge on any atom is -0.361 e. The van der Waals surface area contributed by atoms with Gasteiger partial charge in [-0.3, -0.25) is 9.36 Å². The van der Waals surface area contributed by atoms with Crippen LogP contribution in [0.5, 0.6) is 0 Å². The number of benzene rings is 1. The van der Waals surface area contributed by atoms with Crippen molar-refractivity contribution in [1.29, 1.82) is 0 Å². The average molecular weight is 316 g/mol. The lowest BCUT2D eigenvalue weighted by Gasteiger charge is -2.07. The lowest BCUT2D eigenvalue weighted by molar-refractivity contribution is 0.768. The lowest BCUT2D eigenvalue weighted by Crippen LogP contribution is -2.37. The number of hydrogen-bond donors (Lipinski definition) is 1. The smallest absolute Gasteiger partial charge is 0.337 e. The minimum atomic E-state index is -0.393. The molecule has 1 N–H and O–H groups in total. The van der Waals surface area contributed by atoms with Crippen LogP contribution in [-0.2, 0) is 7.05 Å². The van der Waals surface area contributed by atoms with Gasteiger partial charge in [-0.05, 0) is 18.6 Å². The zero-order valence-corrected chi connectivity index (χ0v) is 13.2. The van der Waals surface area contributed by atoms with Gasteiger partial charge in [0.2, 0.25) is 0 Å². The van der Waals surface area contributed by atoms with Gasteiger partial charge in [-0.15, -0.1) is 0 Å². The summed E-state index contributed by atoms with van der Waals surface area (Å²) >= 11 is 1.28. The summed E-state index contributed by atoms with van der Waals surface area (Å²) in [6.45, 7) is 2.83. The summed E-state index contributed by atoms with van der Waals surface area (Å²) in [7, 11) is 1.63. The second-order valence-corrected chi connectivity index (χ2v) is 5.92. The Morgan fingerprint density at radius 3 is 2.64 bits per heavy atom. The van der Waals surface area contributed by atoms with Crippen molar-refractivity contribution >= 4 is 26.8 Å². The number of rotatable bonds is 4. The van der Waals surface area contributed by atoms with Gasteiger partial charge in [0.15, 0.2) is 10.8 Å². The summed E-state index contributed by atoms with van der Waals surface area (Å²) < 4.78 is 3.08. The standard InChI is InChI=1S/C15H16N4O2S/c1-3-9-16-14-17-12-11(22-14)13(20)19(15(21)18(12)2)10-7-5-4-6-8-10/h4-8H,3,9H2,1-2H3,(H,16,17). The second-order valence-electron chi connectivity index (χ2n) is 4.92. The van der Waals surface area contributed by atoms with Crippen LogP contribution in [0.15, 0.2) is 39.9 Å². The Labute approximate surface area is 130 Å². The maximum atomic E-state index is 12.7. The molecule has 22 heavy (non-hydrogen) atoms. The van der Waals surface area contributed by atoms with Gasteiger partial charge < -0.3 is 5.32 Å². The molecule has 0 aliphatic rings. The van der Waals surface area contributed by atoms with Crippen molar-refractivity contribution in [2.45, 2.75) is 13.3 Å². The highest BCUT2D eigenvalue weighted by Crippen LogP contribution is 2.22. The molecular weight excluding hydrogens is 300 g/mol. The van der Waals surface area contributed by atoms with Crippen molar-refractivity contribution in [3.05, 3.63) is 51.2 Å². The molecule has 0 amide bonds. The van der Waals surface area contributed by atoms with Gasteiger partial charge in [-0.1, -0.05) is 36.5 Å². The van der Waals surface area contributed by atoms with E-state index in [0.717, 1.165) is 13.0 Å². The molecular formula is C15H16N4O2S. The molecule has 0 aliphatic heterocycles. The number of aryl methyl sites for hydroxylation is 1. The van der Waals surface area contributed by atoms with E-state index in [1.807, 2.05) is 6.07 Å². The molecule has 3 aromatic rings. The lowest BCUT2D eigenvalue weighted by atomic mass is 10.3. The Kier molecular flexibility index (Phi) is 3.81. The Bertz CT molecular complexity index is 924. The molecule has 0 aliphatic carbocycles. The van der Waals surface area contributed by atoms with Gasteiger partial charge in [-0.25, -0.2) is 14.3 Å². The zero-order chi connectivity index (χ0) is 15.7. The first-order valence-corrected chi connectivity index (χ1v) is 7.87. The molecule has 2 heterocycles. The molecule has 3 rings (SSSR count). The Morgan fingerprint density at radius 2 is 1.95 bits per heavy atom. The Balaban J connectivity index is 2.27. The van der Waals surface area contributed by atoms with Gasteiger partial charge in [0, 0.05) is 13.6 Å². The van der Waals surface area contributed by atoms with E-state index in [1.165, 1.54) is 20.5 Å². The van der Waals surface area contributed by atoms with Crippen molar-refractivity contribution in [2.24, 2.45) is 7.05 Å². The fraction of sp³-hybridized carbons (Fsp3) is 0.267. The number of para-hydroxylation sites is 1. The van der Waals surface area contributed by atoms with Crippen molar-refractivity contribution < 1.29 is 0 Å². The number of nitrogens with zero attached hydrogens (tertiary/aromatic N) is 3. The fourth-order valence-electron chi connectivity index (χ4n) is 2.22. The summed E-state index contributed by atoms with van der Waals surface area (Å²) in [5.41, 5.74) is 0.264. The number of nitrogens with one attached hydrogen (secondary N) is 1. The molecule has 0 atom stereocenters. The van der Waals surface area contributed by atoms with Crippen molar-refractivity contribution in [2.75, 3.05) is 11.9 Å². The molecule has 0 unspecified atom stereocenters. The van der Waals surface area contributed by atoms with E-state index < -0.39 is 5.69 Å². The van der Waals surface area contributed by atoms with Crippen LogP contribution in [0, 0.1) is 0 Å². The van der Waals surface area contributed by atoms with Gasteiger partial charge in [-0.2, -0.15) is 0 Å². The number of fused-ring (bicyclic) bond motifs is 1. The SMILES string of the molecule is CCCNc1nc2c(s1)c(=O)n(-c1ccccc1)c(=O)n2C. The molecule has 0 bridgehead atoms. The predicted molar refractivity (Wildman–Crippen MR) is 89.2 cm³/mol. The van der Waals surface area contributed by atoms with Crippen LogP contribution < -0.4 is 16.6 Å². The maximum Gasteiger partial charge on any atom is 0.337 e. The average Bonchev–Trinajstić information content (AvgIpc) is 2.97. The molecule has 0 saturated heterocycles. The molecule has 0 fully saturated rings. The summed E-state index contributed by atoms with van der Waals surface area (Å²) in [5, 5.41) is 3.82. The second kappa shape index (κ2) is 5.76. The third kappa shape index (κ3) is 2.33. The van der Waals surface area contributed by atoms with Crippen molar-refractivity contribution in [1.82, 2.24) is 14.1 Å². The number of thiazole rings is 1. The van der Waals surface area contributed by atoms with Crippen molar-refractivity contribution in [3.8, 4) is 5.69 Å². The Hall–Kier alpha value is -2.41. The van der Waals surface area contributed by atoms with E-state index >= 15 is 0 Å². The molecule has 114 valence electrons. The normalized spacial score (nSPS) is 11.0. The van der Waals surface area contributed by atoms with Gasteiger partial charge in [0.1, 0.15) is 4.70 Å². The Morgan fingerprint density at radius 1 is 1.23 bits per heavy atom. The highest BCUT2D eigenvalue weighted by molar-refractivity contribution is 7.22. The summed E-state index contributed by atoms with van der Waals surface area (Å²) in [6, 6.07) is 8.92. The monoisotopic (exact) mass is 316 g/mol. The minimum absolute atomic E-state index is 0.327. The van der Waals surface area contributed by atoms with Gasteiger partial charge in [0.05, 0.1) is 5.69 Å². The number of hydrogen-bond acceptors (Lipinski definition) is 5. The highest BCUT2D eigenvalue weighted by atomic mass is 32.1. The zero-order valence-electron chi connectivity index (χ0n) is 12.4. The third-order valence-corrected chi connectivity index (χ3v) is 4.33. The van der Waals surface area contributed by atoms with E-state index in [2.05, 4.69) is 17.2 Å². The van der Waals surface area contributed by atoms with Crippen LogP contribution in [0.1, 0.15) is 13.3 Å². The van der Waals surface area contributed by atoms with E-state index in [4.69, 9.17) is 0 Å². The highest BCUT2D eigenvalue weighted by Gasteiger charge is 2.16. The summed E-state index contributed by atoms with van der Waals surface area (Å²) in [4.78, 5) is 29.5. The van der Waals surface area contributed by atoms with E-state index in [0.29, 0.717) is 21.2 Å². The summed E-state index contributed by atoms with van der Waals surface area (Å²) in [6.07, 6.45) is 0.961.